The van der Waals surface area contributed by atoms with Gasteiger partial charge in [0.2, 0.25) is 0 Å². The number of aryl methyl sites for hydroxylation is 2. The van der Waals surface area contributed by atoms with Crippen LogP contribution in [0.4, 0.5) is 5.69 Å². The van der Waals surface area contributed by atoms with Gasteiger partial charge in [-0.25, -0.2) is 4.98 Å². The van der Waals surface area contributed by atoms with Crippen molar-refractivity contribution in [3.63, 3.8) is 0 Å². The normalized spacial score (nSPS) is 19.6. The van der Waals surface area contributed by atoms with E-state index in [1.165, 1.54) is 0 Å². The number of fused-ring (bicyclic) bond motifs is 1. The van der Waals surface area contributed by atoms with Crippen LogP contribution in [0.1, 0.15) is 12.1 Å². The molecule has 2 aromatic heterocycles. The summed E-state index contributed by atoms with van der Waals surface area (Å²) in [5.74, 6) is 0.621. The van der Waals surface area contributed by atoms with Gasteiger partial charge >= 0.3 is 0 Å². The first-order valence-electron chi connectivity index (χ1n) is 6.35. The second-order valence-corrected chi connectivity index (χ2v) is 4.91. The average Bonchev–Trinajstić information content (AvgIpc) is 2.97. The topological polar surface area (TPSA) is 52.0 Å². The van der Waals surface area contributed by atoms with Crippen molar-refractivity contribution < 1.29 is 4.74 Å². The van der Waals surface area contributed by atoms with Crippen LogP contribution in [0.15, 0.2) is 12.3 Å². The van der Waals surface area contributed by atoms with Gasteiger partial charge in [0.1, 0.15) is 0 Å². The third-order valence-electron chi connectivity index (χ3n) is 3.48. The summed E-state index contributed by atoms with van der Waals surface area (Å²) in [6, 6.07) is 2.13. The Morgan fingerprint density at radius 2 is 2.44 bits per heavy atom. The molecule has 3 rings (SSSR count). The molecule has 5 nitrogen and oxygen atoms in total. The standard InChI is InChI=1S/C13H18N4O/c1-9-12-5-11(7-15-13(12)17(2)16-9)14-6-10-3-4-18-8-10/h5,7,10,14H,3-4,6,8H2,1-2H3. The van der Waals surface area contributed by atoms with Crippen molar-refractivity contribution in [2.45, 2.75) is 13.3 Å². The van der Waals surface area contributed by atoms with Crippen molar-refractivity contribution in [2.24, 2.45) is 13.0 Å². The highest BCUT2D eigenvalue weighted by atomic mass is 16.5. The Labute approximate surface area is 106 Å². The van der Waals surface area contributed by atoms with Crippen molar-refractivity contribution in [3.05, 3.63) is 18.0 Å². The fraction of sp³-hybridized carbons (Fsp3) is 0.538. The minimum Gasteiger partial charge on any atom is -0.383 e. The van der Waals surface area contributed by atoms with Crippen LogP contribution in [-0.2, 0) is 11.8 Å². The lowest BCUT2D eigenvalue weighted by Crippen LogP contribution is -2.14. The van der Waals surface area contributed by atoms with Gasteiger partial charge in [-0.2, -0.15) is 5.10 Å². The van der Waals surface area contributed by atoms with Crippen LogP contribution in [0.2, 0.25) is 0 Å². The maximum atomic E-state index is 5.37. The largest absolute Gasteiger partial charge is 0.383 e. The predicted octanol–water partition coefficient (Wildman–Crippen LogP) is 1.73. The fourth-order valence-electron chi connectivity index (χ4n) is 2.41. The van der Waals surface area contributed by atoms with Gasteiger partial charge < -0.3 is 10.1 Å². The van der Waals surface area contributed by atoms with Gasteiger partial charge in [-0.05, 0) is 19.4 Å². The summed E-state index contributed by atoms with van der Waals surface area (Å²) < 4.78 is 7.19. The lowest BCUT2D eigenvalue weighted by molar-refractivity contribution is 0.187. The maximum Gasteiger partial charge on any atom is 0.157 e. The third-order valence-corrected chi connectivity index (χ3v) is 3.48. The molecule has 0 aromatic carbocycles. The van der Waals surface area contributed by atoms with E-state index >= 15 is 0 Å². The van der Waals surface area contributed by atoms with Gasteiger partial charge in [-0.1, -0.05) is 0 Å². The Bertz CT molecular complexity index is 557. The minimum atomic E-state index is 0.621. The number of rotatable bonds is 3. The molecule has 1 atom stereocenters. The number of ether oxygens (including phenoxy) is 1. The smallest absolute Gasteiger partial charge is 0.157 e. The first-order chi connectivity index (χ1) is 8.74. The van der Waals surface area contributed by atoms with Crippen LogP contribution in [0.3, 0.4) is 0 Å². The highest BCUT2D eigenvalue weighted by molar-refractivity contribution is 5.81. The van der Waals surface area contributed by atoms with Gasteiger partial charge in [-0.3, -0.25) is 4.68 Å². The summed E-state index contributed by atoms with van der Waals surface area (Å²) in [6.45, 7) is 4.73. The Balaban J connectivity index is 1.78. The molecule has 0 saturated carbocycles. The maximum absolute atomic E-state index is 5.37. The van der Waals surface area contributed by atoms with E-state index in [-0.39, 0.29) is 0 Å². The zero-order chi connectivity index (χ0) is 12.5. The Morgan fingerprint density at radius 3 is 3.22 bits per heavy atom. The summed E-state index contributed by atoms with van der Waals surface area (Å²) in [6.07, 6.45) is 3.02. The first kappa shape index (κ1) is 11.5. The monoisotopic (exact) mass is 246 g/mol. The van der Waals surface area contributed by atoms with Crippen molar-refractivity contribution in [1.29, 1.82) is 0 Å². The molecule has 0 radical (unpaired) electrons. The zero-order valence-corrected chi connectivity index (χ0v) is 10.8. The minimum absolute atomic E-state index is 0.621. The number of hydrogen-bond donors (Lipinski definition) is 1. The summed E-state index contributed by atoms with van der Waals surface area (Å²) in [7, 11) is 1.92. The summed E-state index contributed by atoms with van der Waals surface area (Å²) in [5, 5.41) is 8.93. The van der Waals surface area contributed by atoms with Crippen molar-refractivity contribution in [2.75, 3.05) is 25.1 Å². The van der Waals surface area contributed by atoms with Gasteiger partial charge in [0.25, 0.3) is 0 Å². The second-order valence-electron chi connectivity index (χ2n) is 4.91. The number of pyridine rings is 1. The van der Waals surface area contributed by atoms with Crippen molar-refractivity contribution in [3.8, 4) is 0 Å². The van der Waals surface area contributed by atoms with Gasteiger partial charge in [-0.15, -0.1) is 0 Å². The van der Waals surface area contributed by atoms with E-state index in [1.807, 2.05) is 24.9 Å². The lowest BCUT2D eigenvalue weighted by atomic mass is 10.1. The Hall–Kier alpha value is -1.62. The summed E-state index contributed by atoms with van der Waals surface area (Å²) in [4.78, 5) is 4.45. The molecule has 18 heavy (non-hydrogen) atoms. The molecule has 1 saturated heterocycles. The molecule has 0 aliphatic carbocycles. The lowest BCUT2D eigenvalue weighted by Gasteiger charge is -2.10. The molecule has 3 heterocycles. The highest BCUT2D eigenvalue weighted by Gasteiger charge is 2.15. The number of anilines is 1. The summed E-state index contributed by atoms with van der Waals surface area (Å²) >= 11 is 0. The number of hydrogen-bond acceptors (Lipinski definition) is 4. The van der Waals surface area contributed by atoms with Gasteiger partial charge in [0.05, 0.1) is 24.2 Å². The molecular formula is C13H18N4O. The van der Waals surface area contributed by atoms with E-state index in [4.69, 9.17) is 4.74 Å². The van der Waals surface area contributed by atoms with Gasteiger partial charge in [0, 0.05) is 31.5 Å². The van der Waals surface area contributed by atoms with E-state index in [0.29, 0.717) is 5.92 Å². The van der Waals surface area contributed by atoms with E-state index in [1.54, 1.807) is 0 Å². The SMILES string of the molecule is Cc1nn(C)c2ncc(NCC3CCOC3)cc12. The van der Waals surface area contributed by atoms with E-state index in [2.05, 4.69) is 21.5 Å². The predicted molar refractivity (Wildman–Crippen MR) is 70.7 cm³/mol. The van der Waals surface area contributed by atoms with E-state index < -0.39 is 0 Å². The second kappa shape index (κ2) is 4.57. The third kappa shape index (κ3) is 2.06. The van der Waals surface area contributed by atoms with Crippen LogP contribution in [0, 0.1) is 12.8 Å². The number of nitrogens with one attached hydrogen (secondary N) is 1. The fourth-order valence-corrected chi connectivity index (χ4v) is 2.41. The molecule has 5 heteroatoms. The number of nitrogens with zero attached hydrogens (tertiary/aromatic N) is 3. The number of aromatic nitrogens is 3. The molecule has 1 fully saturated rings. The zero-order valence-electron chi connectivity index (χ0n) is 10.8. The molecular weight excluding hydrogens is 228 g/mol. The molecule has 0 spiro atoms. The molecule has 2 aromatic rings. The van der Waals surface area contributed by atoms with Crippen LogP contribution >= 0.6 is 0 Å². The van der Waals surface area contributed by atoms with Crippen molar-refractivity contribution >= 4 is 16.7 Å². The quantitative estimate of drug-likeness (QED) is 0.896. The Morgan fingerprint density at radius 1 is 1.56 bits per heavy atom. The Kier molecular flexibility index (Phi) is 2.91. The molecule has 1 unspecified atom stereocenters. The van der Waals surface area contributed by atoms with Crippen LogP contribution in [0.5, 0.6) is 0 Å². The van der Waals surface area contributed by atoms with Crippen LogP contribution < -0.4 is 5.32 Å². The molecule has 1 N–H and O–H groups in total. The van der Waals surface area contributed by atoms with E-state index in [0.717, 1.165) is 48.6 Å². The van der Waals surface area contributed by atoms with Gasteiger partial charge in [0.15, 0.2) is 5.65 Å². The first-order valence-corrected chi connectivity index (χ1v) is 6.35. The highest BCUT2D eigenvalue weighted by Crippen LogP contribution is 2.20. The average molecular weight is 246 g/mol. The van der Waals surface area contributed by atoms with Crippen molar-refractivity contribution in [1.82, 2.24) is 14.8 Å². The molecule has 0 amide bonds. The molecule has 0 bridgehead atoms. The molecule has 96 valence electrons. The van der Waals surface area contributed by atoms with Crippen LogP contribution in [-0.4, -0.2) is 34.5 Å². The van der Waals surface area contributed by atoms with E-state index in [9.17, 15) is 0 Å². The molecule has 1 aliphatic heterocycles. The van der Waals surface area contributed by atoms with Crippen LogP contribution in [0.25, 0.3) is 11.0 Å². The molecule has 1 aliphatic rings. The summed E-state index contributed by atoms with van der Waals surface area (Å²) in [5.41, 5.74) is 3.01.